The molecule has 0 radical (unpaired) electrons. The first kappa shape index (κ1) is 39.6. The van der Waals surface area contributed by atoms with E-state index in [1.165, 1.54) is 11.1 Å². The molecule has 0 aliphatic carbocycles. The van der Waals surface area contributed by atoms with Crippen molar-refractivity contribution in [3.63, 3.8) is 0 Å². The summed E-state index contributed by atoms with van der Waals surface area (Å²) >= 11 is 4.64. The summed E-state index contributed by atoms with van der Waals surface area (Å²) in [5.74, 6) is 2.46. The highest BCUT2D eigenvalue weighted by Gasteiger charge is 1.88. The molecule has 0 unspecified atom stereocenters. The van der Waals surface area contributed by atoms with Crippen LogP contribution in [0.15, 0.2) is 72.9 Å². The fourth-order valence-corrected chi connectivity index (χ4v) is 1.67. The summed E-state index contributed by atoms with van der Waals surface area (Å²) in [5.41, 5.74) is 5.23. The van der Waals surface area contributed by atoms with E-state index < -0.39 is 0 Å². The Bertz CT molecular complexity index is 638. The molecule has 0 fully saturated rings. The lowest BCUT2D eigenvalue weighted by Gasteiger charge is -1.99. The SMILES string of the molecule is C#C.C#C/C=C(C)\C=C/CC.C/C=C\CC.C=CC.CC.Cc1ccc(CNC=S)cc1. The van der Waals surface area contributed by atoms with E-state index in [0.717, 1.165) is 25.0 Å². The first-order valence-electron chi connectivity index (χ1n) is 11.0. The molecule has 1 N–H and O–H groups in total. The Balaban J connectivity index is -0.000000104. The lowest BCUT2D eigenvalue weighted by atomic mass is 10.1. The van der Waals surface area contributed by atoms with Crippen molar-refractivity contribution in [1.29, 1.82) is 0 Å². The molecule has 1 rings (SSSR count). The van der Waals surface area contributed by atoms with Gasteiger partial charge in [-0.3, -0.25) is 0 Å². The van der Waals surface area contributed by atoms with E-state index in [9.17, 15) is 0 Å². The Kier molecular flexibility index (Phi) is 52.4. The predicted octanol–water partition coefficient (Wildman–Crippen LogP) is 9.01. The molecular weight excluding hydrogens is 406 g/mol. The molecule has 1 aromatic rings. The summed E-state index contributed by atoms with van der Waals surface area (Å²) in [6, 6.07) is 8.39. The number of terminal acetylenes is 2. The van der Waals surface area contributed by atoms with Gasteiger partial charge < -0.3 is 5.32 Å². The highest BCUT2D eigenvalue weighted by molar-refractivity contribution is 7.78. The molecule has 0 aromatic heterocycles. The van der Waals surface area contributed by atoms with E-state index in [4.69, 9.17) is 6.42 Å². The molecular formula is C30H47NS. The maximum Gasteiger partial charge on any atom is 0.0617 e. The zero-order valence-corrected chi connectivity index (χ0v) is 22.6. The van der Waals surface area contributed by atoms with Crippen molar-refractivity contribution in [1.82, 2.24) is 5.32 Å². The zero-order chi connectivity index (χ0) is 26.0. The average molecular weight is 454 g/mol. The number of hydrogen-bond donors (Lipinski definition) is 1. The molecule has 0 aliphatic heterocycles. The molecule has 0 atom stereocenters. The Hall–Kier alpha value is -2.81. The maximum absolute atomic E-state index is 5.04. The Morgan fingerprint density at radius 2 is 1.53 bits per heavy atom. The van der Waals surface area contributed by atoms with Gasteiger partial charge in [0, 0.05) is 6.54 Å². The number of rotatable bonds is 6. The molecule has 0 saturated carbocycles. The molecule has 1 aromatic carbocycles. The van der Waals surface area contributed by atoms with Crippen LogP contribution in [-0.2, 0) is 6.54 Å². The van der Waals surface area contributed by atoms with Gasteiger partial charge in [0.15, 0.2) is 0 Å². The fraction of sp³-hybridized carbons (Fsp3) is 0.367. The second-order valence-electron chi connectivity index (χ2n) is 5.74. The van der Waals surface area contributed by atoms with Crippen molar-refractivity contribution < 1.29 is 0 Å². The van der Waals surface area contributed by atoms with Gasteiger partial charge in [-0.15, -0.1) is 25.8 Å². The van der Waals surface area contributed by atoms with Crippen LogP contribution in [0.5, 0.6) is 0 Å². The lowest BCUT2D eigenvalue weighted by Crippen LogP contribution is -2.07. The molecule has 1 nitrogen and oxygen atoms in total. The van der Waals surface area contributed by atoms with Crippen molar-refractivity contribution in [3.8, 4) is 25.2 Å². The van der Waals surface area contributed by atoms with Gasteiger partial charge in [0.25, 0.3) is 0 Å². The summed E-state index contributed by atoms with van der Waals surface area (Å²) in [6.07, 6.45) is 27.1. The van der Waals surface area contributed by atoms with Crippen molar-refractivity contribution >= 4 is 17.7 Å². The van der Waals surface area contributed by atoms with Crippen LogP contribution in [0.25, 0.3) is 0 Å². The number of nitrogens with one attached hydrogen (secondary N) is 1. The van der Waals surface area contributed by atoms with Crippen LogP contribution in [0, 0.1) is 32.1 Å². The lowest BCUT2D eigenvalue weighted by molar-refractivity contribution is 0.943. The Labute approximate surface area is 206 Å². The average Bonchev–Trinajstić information content (AvgIpc) is 2.82. The number of hydrogen-bond acceptors (Lipinski definition) is 1. The van der Waals surface area contributed by atoms with Gasteiger partial charge in [-0.2, -0.15) is 0 Å². The van der Waals surface area contributed by atoms with E-state index in [2.05, 4.69) is 106 Å². The smallest absolute Gasteiger partial charge is 0.0617 e. The van der Waals surface area contributed by atoms with E-state index in [-0.39, 0.29) is 0 Å². The van der Waals surface area contributed by atoms with Gasteiger partial charge >= 0.3 is 0 Å². The topological polar surface area (TPSA) is 12.0 Å². The first-order chi connectivity index (χ1) is 15.5. The third-order valence-corrected chi connectivity index (χ3v) is 3.08. The summed E-state index contributed by atoms with van der Waals surface area (Å²) < 4.78 is 0. The molecule has 0 bridgehead atoms. The molecule has 0 spiro atoms. The van der Waals surface area contributed by atoms with Crippen LogP contribution in [0.4, 0.5) is 0 Å². The van der Waals surface area contributed by atoms with Crippen LogP contribution in [0.3, 0.4) is 0 Å². The van der Waals surface area contributed by atoms with E-state index in [1.54, 1.807) is 17.6 Å². The van der Waals surface area contributed by atoms with Gasteiger partial charge in [-0.05, 0) is 57.7 Å². The van der Waals surface area contributed by atoms with Gasteiger partial charge in [-0.25, -0.2) is 0 Å². The van der Waals surface area contributed by atoms with E-state index >= 15 is 0 Å². The summed E-state index contributed by atoms with van der Waals surface area (Å²) in [7, 11) is 0. The van der Waals surface area contributed by atoms with Crippen molar-refractivity contribution in [3.05, 3.63) is 84.0 Å². The van der Waals surface area contributed by atoms with Crippen LogP contribution < -0.4 is 5.32 Å². The van der Waals surface area contributed by atoms with Crippen molar-refractivity contribution in [2.75, 3.05) is 0 Å². The molecule has 0 amide bonds. The van der Waals surface area contributed by atoms with E-state index in [0.29, 0.717) is 0 Å². The second-order valence-corrected chi connectivity index (χ2v) is 5.97. The molecule has 0 aliphatic rings. The molecule has 32 heavy (non-hydrogen) atoms. The minimum atomic E-state index is 0.823. The quantitative estimate of drug-likeness (QED) is 0.199. The van der Waals surface area contributed by atoms with Gasteiger partial charge in [0.2, 0.25) is 0 Å². The van der Waals surface area contributed by atoms with Crippen molar-refractivity contribution in [2.45, 2.75) is 74.8 Å². The minimum absolute atomic E-state index is 0.823. The summed E-state index contributed by atoms with van der Waals surface area (Å²) in [6.45, 7) is 20.4. The standard InChI is InChI=1S/C9H11NS.C9H12.C5H10.C3H6.C2H6.C2H2/c1-8-2-4-9(5-3-8)6-10-7-11;1-4-6-8-9(3)7-5-2;1-3-5-4-2;1-3-2;2*1-2/h2-5,7H,6H2,1H3,(H,10,11);2,6-8H,4H2,1,3H3;3,5H,4H2,1-2H3;3H,1H2,2H3;1-2H3;1-2H/b;8-6-,9-7-;5-3-;;;. The summed E-state index contributed by atoms with van der Waals surface area (Å²) in [4.78, 5) is 0. The largest absolute Gasteiger partial charge is 0.378 e. The number of thiocarbonyl (C=S) groups is 1. The minimum Gasteiger partial charge on any atom is -0.378 e. The summed E-state index contributed by atoms with van der Waals surface area (Å²) in [5, 5.41) is 2.97. The Morgan fingerprint density at radius 3 is 1.84 bits per heavy atom. The molecule has 178 valence electrons. The highest BCUT2D eigenvalue weighted by Crippen LogP contribution is 2.01. The molecule has 0 heterocycles. The normalized spacial score (nSPS) is 8.72. The molecule has 0 saturated heterocycles. The van der Waals surface area contributed by atoms with E-state index in [1.807, 2.05) is 40.7 Å². The van der Waals surface area contributed by atoms with Gasteiger partial charge in [0.05, 0.1) is 5.49 Å². The maximum atomic E-state index is 5.04. The van der Waals surface area contributed by atoms with Crippen LogP contribution in [0.2, 0.25) is 0 Å². The third-order valence-electron chi connectivity index (χ3n) is 2.91. The zero-order valence-electron chi connectivity index (χ0n) is 21.8. The monoisotopic (exact) mass is 453 g/mol. The second kappa shape index (κ2) is 42.3. The number of benzene rings is 1. The number of allylic oxidation sites excluding steroid dienone is 7. The van der Waals surface area contributed by atoms with Crippen LogP contribution in [-0.4, -0.2) is 5.49 Å². The van der Waals surface area contributed by atoms with Gasteiger partial charge in [-0.1, -0.05) is 106 Å². The van der Waals surface area contributed by atoms with Crippen LogP contribution >= 0.6 is 12.2 Å². The molecule has 2 heteroatoms. The first-order valence-corrected chi connectivity index (χ1v) is 11.5. The fourth-order valence-electron chi connectivity index (χ4n) is 1.58. The highest BCUT2D eigenvalue weighted by atomic mass is 32.1. The predicted molar refractivity (Wildman–Crippen MR) is 156 cm³/mol. The van der Waals surface area contributed by atoms with Crippen molar-refractivity contribution in [2.24, 2.45) is 0 Å². The van der Waals surface area contributed by atoms with Crippen LogP contribution in [0.1, 0.15) is 72.4 Å². The third kappa shape index (κ3) is 45.8. The number of aryl methyl sites for hydroxylation is 1. The van der Waals surface area contributed by atoms with Gasteiger partial charge in [0.1, 0.15) is 0 Å². The Morgan fingerprint density at radius 1 is 1.06 bits per heavy atom.